The Morgan fingerprint density at radius 3 is 2.33 bits per heavy atom. The first-order valence-corrected chi connectivity index (χ1v) is 7.35. The molecule has 0 atom stereocenters. The van der Waals surface area contributed by atoms with Gasteiger partial charge in [-0.15, -0.1) is 0 Å². The quantitative estimate of drug-likeness (QED) is 0.629. The van der Waals surface area contributed by atoms with Gasteiger partial charge in [0.2, 0.25) is 0 Å². The van der Waals surface area contributed by atoms with E-state index in [4.69, 9.17) is 27.4 Å². The Morgan fingerprint density at radius 2 is 1.67 bits per heavy atom. The molecule has 0 heterocycles. The van der Waals surface area contributed by atoms with Crippen molar-refractivity contribution in [2.45, 2.75) is 13.3 Å². The molecular weight excluding hydrogens is 282 g/mol. The predicted octanol–water partition coefficient (Wildman–Crippen LogP) is 3.34. The van der Waals surface area contributed by atoms with Crippen LogP contribution in [0.5, 0.6) is 11.5 Å². The zero-order chi connectivity index (χ0) is 15.1. The van der Waals surface area contributed by atoms with E-state index in [2.05, 4.69) is 19.1 Å². The minimum absolute atomic E-state index is 0.335. The molecule has 110 valence electrons. The van der Waals surface area contributed by atoms with Gasteiger partial charge in [0.25, 0.3) is 0 Å². The second-order valence-electron chi connectivity index (χ2n) is 4.55. The monoisotopic (exact) mass is 301 g/mol. The van der Waals surface area contributed by atoms with E-state index in [1.165, 1.54) is 5.56 Å². The number of hydrogen-bond acceptors (Lipinski definition) is 3. The number of hydrogen-bond donors (Lipinski definition) is 1. The normalized spacial score (nSPS) is 10.1. The van der Waals surface area contributed by atoms with Crippen LogP contribution in [0.3, 0.4) is 0 Å². The van der Waals surface area contributed by atoms with Crippen LogP contribution in [0.15, 0.2) is 48.5 Å². The topological polar surface area (TPSA) is 44.5 Å². The SMILES string of the molecule is CCc1ccc(OCCOc2ccccc2C(N)=S)cc1. The summed E-state index contributed by atoms with van der Waals surface area (Å²) in [7, 11) is 0. The molecule has 0 unspecified atom stereocenters. The number of thiocarbonyl (C=S) groups is 1. The Kier molecular flexibility index (Phi) is 5.58. The molecule has 0 amide bonds. The molecule has 21 heavy (non-hydrogen) atoms. The van der Waals surface area contributed by atoms with Crippen LogP contribution in [-0.2, 0) is 6.42 Å². The summed E-state index contributed by atoms with van der Waals surface area (Å²) >= 11 is 5.00. The van der Waals surface area contributed by atoms with Crippen molar-refractivity contribution >= 4 is 17.2 Å². The summed E-state index contributed by atoms with van der Waals surface area (Å²) in [6, 6.07) is 15.6. The van der Waals surface area contributed by atoms with E-state index in [1.54, 1.807) is 0 Å². The lowest BCUT2D eigenvalue weighted by molar-refractivity contribution is 0.217. The van der Waals surface area contributed by atoms with Gasteiger partial charge in [-0.05, 0) is 36.2 Å². The highest BCUT2D eigenvalue weighted by Gasteiger charge is 2.05. The van der Waals surface area contributed by atoms with E-state index in [0.717, 1.165) is 17.7 Å². The fourth-order valence-electron chi connectivity index (χ4n) is 1.93. The summed E-state index contributed by atoms with van der Waals surface area (Å²) in [5.41, 5.74) is 7.70. The molecule has 0 saturated heterocycles. The number of nitrogens with two attached hydrogens (primary N) is 1. The first-order valence-electron chi connectivity index (χ1n) is 6.94. The lowest BCUT2D eigenvalue weighted by atomic mass is 10.2. The average molecular weight is 301 g/mol. The van der Waals surface area contributed by atoms with Crippen LogP contribution < -0.4 is 15.2 Å². The van der Waals surface area contributed by atoms with Crippen molar-refractivity contribution in [2.24, 2.45) is 5.73 Å². The van der Waals surface area contributed by atoms with E-state index in [-0.39, 0.29) is 0 Å². The second kappa shape index (κ2) is 7.64. The number of para-hydroxylation sites is 1. The van der Waals surface area contributed by atoms with Crippen molar-refractivity contribution in [3.8, 4) is 11.5 Å². The van der Waals surface area contributed by atoms with Gasteiger partial charge in [-0.3, -0.25) is 0 Å². The standard InChI is InChI=1S/C17H19NO2S/c1-2-13-7-9-14(10-8-13)19-11-12-20-16-6-4-3-5-15(16)17(18)21/h3-10H,2,11-12H2,1H3,(H2,18,21). The van der Waals surface area contributed by atoms with Crippen molar-refractivity contribution in [1.82, 2.24) is 0 Å². The zero-order valence-corrected chi connectivity index (χ0v) is 12.9. The van der Waals surface area contributed by atoms with Crippen molar-refractivity contribution in [3.63, 3.8) is 0 Å². The molecule has 0 aliphatic rings. The first kappa shape index (κ1) is 15.3. The van der Waals surface area contributed by atoms with Crippen molar-refractivity contribution in [3.05, 3.63) is 59.7 Å². The maximum atomic E-state index is 5.67. The summed E-state index contributed by atoms with van der Waals surface area (Å²) < 4.78 is 11.3. The maximum absolute atomic E-state index is 5.67. The molecule has 0 saturated carbocycles. The molecule has 4 heteroatoms. The lowest BCUT2D eigenvalue weighted by Crippen LogP contribution is -2.14. The summed E-state index contributed by atoms with van der Waals surface area (Å²) in [5, 5.41) is 0. The summed E-state index contributed by atoms with van der Waals surface area (Å²) in [5.74, 6) is 1.54. The number of rotatable bonds is 7. The smallest absolute Gasteiger partial charge is 0.129 e. The zero-order valence-electron chi connectivity index (χ0n) is 12.0. The molecule has 0 bridgehead atoms. The Morgan fingerprint density at radius 1 is 1.00 bits per heavy atom. The molecule has 0 aliphatic carbocycles. The largest absolute Gasteiger partial charge is 0.490 e. The average Bonchev–Trinajstić information content (AvgIpc) is 2.52. The molecular formula is C17H19NO2S. The van der Waals surface area contributed by atoms with Crippen LogP contribution in [0, 0.1) is 0 Å². The fourth-order valence-corrected chi connectivity index (χ4v) is 2.10. The minimum Gasteiger partial charge on any atom is -0.490 e. The molecule has 3 nitrogen and oxygen atoms in total. The molecule has 2 aromatic carbocycles. The van der Waals surface area contributed by atoms with Crippen LogP contribution in [0.2, 0.25) is 0 Å². The highest BCUT2D eigenvalue weighted by molar-refractivity contribution is 7.80. The Labute approximate surface area is 130 Å². The second-order valence-corrected chi connectivity index (χ2v) is 4.99. The summed E-state index contributed by atoms with van der Waals surface area (Å²) in [6.07, 6.45) is 1.03. The Balaban J connectivity index is 1.83. The molecule has 2 N–H and O–H groups in total. The molecule has 0 fully saturated rings. The van der Waals surface area contributed by atoms with Gasteiger partial charge in [-0.1, -0.05) is 43.4 Å². The number of aryl methyl sites for hydroxylation is 1. The third-order valence-electron chi connectivity index (χ3n) is 3.09. The van der Waals surface area contributed by atoms with Crippen LogP contribution in [-0.4, -0.2) is 18.2 Å². The highest BCUT2D eigenvalue weighted by Crippen LogP contribution is 2.18. The van der Waals surface area contributed by atoms with Gasteiger partial charge < -0.3 is 15.2 Å². The predicted molar refractivity (Wildman–Crippen MR) is 89.1 cm³/mol. The van der Waals surface area contributed by atoms with Crippen LogP contribution >= 0.6 is 12.2 Å². The third kappa shape index (κ3) is 4.46. The van der Waals surface area contributed by atoms with Crippen molar-refractivity contribution in [1.29, 1.82) is 0 Å². The molecule has 2 rings (SSSR count). The van der Waals surface area contributed by atoms with Crippen LogP contribution in [0.4, 0.5) is 0 Å². The Bertz CT molecular complexity index is 596. The molecule has 2 aromatic rings. The van der Waals surface area contributed by atoms with Gasteiger partial charge in [0.05, 0.1) is 5.56 Å². The molecule has 0 aromatic heterocycles. The lowest BCUT2D eigenvalue weighted by Gasteiger charge is -2.11. The highest BCUT2D eigenvalue weighted by atomic mass is 32.1. The Hall–Kier alpha value is -2.07. The van der Waals surface area contributed by atoms with Crippen molar-refractivity contribution in [2.75, 3.05) is 13.2 Å². The van der Waals surface area contributed by atoms with Gasteiger partial charge in [-0.2, -0.15) is 0 Å². The van der Waals surface area contributed by atoms with E-state index in [0.29, 0.717) is 24.0 Å². The van der Waals surface area contributed by atoms with E-state index in [9.17, 15) is 0 Å². The third-order valence-corrected chi connectivity index (χ3v) is 3.31. The van der Waals surface area contributed by atoms with Crippen LogP contribution in [0.1, 0.15) is 18.1 Å². The molecule has 0 radical (unpaired) electrons. The number of benzene rings is 2. The van der Waals surface area contributed by atoms with E-state index < -0.39 is 0 Å². The minimum atomic E-state index is 0.335. The van der Waals surface area contributed by atoms with E-state index >= 15 is 0 Å². The summed E-state index contributed by atoms with van der Waals surface area (Å²) in [6.45, 7) is 3.04. The maximum Gasteiger partial charge on any atom is 0.129 e. The van der Waals surface area contributed by atoms with Crippen molar-refractivity contribution < 1.29 is 9.47 Å². The van der Waals surface area contributed by atoms with E-state index in [1.807, 2.05) is 36.4 Å². The van der Waals surface area contributed by atoms with Crippen LogP contribution in [0.25, 0.3) is 0 Å². The molecule has 0 spiro atoms. The fraction of sp³-hybridized carbons (Fsp3) is 0.235. The first-order chi connectivity index (χ1) is 10.2. The number of ether oxygens (including phenoxy) is 2. The molecule has 0 aliphatic heterocycles. The van der Waals surface area contributed by atoms with Gasteiger partial charge >= 0.3 is 0 Å². The van der Waals surface area contributed by atoms with Gasteiger partial charge in [-0.25, -0.2) is 0 Å². The van der Waals surface area contributed by atoms with Gasteiger partial charge in [0.15, 0.2) is 0 Å². The van der Waals surface area contributed by atoms with Gasteiger partial charge in [0.1, 0.15) is 29.7 Å². The van der Waals surface area contributed by atoms with Gasteiger partial charge in [0, 0.05) is 0 Å². The summed E-state index contributed by atoms with van der Waals surface area (Å²) in [4.78, 5) is 0.335.